The number of carbonyl (C=O) groups is 1. The average Bonchev–Trinajstić information content (AvgIpc) is 2.78. The van der Waals surface area contributed by atoms with E-state index < -0.39 is 24.2 Å². The lowest BCUT2D eigenvalue weighted by molar-refractivity contribution is -0.184. The van der Waals surface area contributed by atoms with E-state index in [1.54, 1.807) is 0 Å². The van der Waals surface area contributed by atoms with E-state index in [2.05, 4.69) is 0 Å². The number of benzene rings is 1. The lowest BCUT2D eigenvalue weighted by Gasteiger charge is -2.23. The summed E-state index contributed by atoms with van der Waals surface area (Å²) in [5.41, 5.74) is 1.02. The van der Waals surface area contributed by atoms with E-state index in [-0.39, 0.29) is 13.1 Å². The number of nitrogens with zero attached hydrogens (tertiary/aromatic N) is 2. The first kappa shape index (κ1) is 16.7. The first-order chi connectivity index (χ1) is 10.3. The van der Waals surface area contributed by atoms with Gasteiger partial charge in [-0.3, -0.25) is 9.69 Å². The third-order valence-corrected chi connectivity index (χ3v) is 3.78. The second-order valence-corrected chi connectivity index (χ2v) is 5.64. The van der Waals surface area contributed by atoms with Crippen molar-refractivity contribution in [3.05, 3.63) is 35.9 Å². The Morgan fingerprint density at radius 2 is 1.91 bits per heavy atom. The fraction of sp³-hybridized carbons (Fsp3) is 0.533. The molecule has 1 amide bonds. The molecular weight excluding hydrogens is 300 g/mol. The summed E-state index contributed by atoms with van der Waals surface area (Å²) < 4.78 is 51.0. The number of amides is 1. The summed E-state index contributed by atoms with van der Waals surface area (Å²) in [6, 6.07) is 9.48. The first-order valence-corrected chi connectivity index (χ1v) is 7.00. The van der Waals surface area contributed by atoms with Crippen molar-refractivity contribution >= 4 is 5.91 Å². The maximum absolute atomic E-state index is 14.0. The topological polar surface area (TPSA) is 23.6 Å². The Morgan fingerprint density at radius 3 is 2.50 bits per heavy atom. The predicted molar refractivity (Wildman–Crippen MR) is 73.8 cm³/mol. The summed E-state index contributed by atoms with van der Waals surface area (Å²) >= 11 is 0. The van der Waals surface area contributed by atoms with E-state index in [4.69, 9.17) is 0 Å². The van der Waals surface area contributed by atoms with Crippen molar-refractivity contribution in [3.63, 3.8) is 0 Å². The fourth-order valence-electron chi connectivity index (χ4n) is 2.71. The molecule has 3 nitrogen and oxygen atoms in total. The molecule has 0 unspecified atom stereocenters. The van der Waals surface area contributed by atoms with Gasteiger partial charge in [-0.25, -0.2) is 4.39 Å². The normalized spacial score (nSPS) is 22.8. The van der Waals surface area contributed by atoms with Crippen LogP contribution in [-0.4, -0.2) is 54.7 Å². The number of rotatable bonds is 4. The molecule has 1 aromatic carbocycles. The Bertz CT molecular complexity index is 506. The highest BCUT2D eigenvalue weighted by Gasteiger charge is 2.43. The summed E-state index contributed by atoms with van der Waals surface area (Å²) in [7, 11) is 1.06. The van der Waals surface area contributed by atoms with Gasteiger partial charge < -0.3 is 4.90 Å². The number of hydrogen-bond donors (Lipinski definition) is 0. The van der Waals surface area contributed by atoms with Crippen molar-refractivity contribution in [1.29, 1.82) is 0 Å². The van der Waals surface area contributed by atoms with Crippen LogP contribution in [0.15, 0.2) is 30.3 Å². The van der Waals surface area contributed by atoms with Crippen molar-refractivity contribution in [3.8, 4) is 0 Å². The maximum atomic E-state index is 14.0. The van der Waals surface area contributed by atoms with Crippen LogP contribution in [0.25, 0.3) is 0 Å². The summed E-state index contributed by atoms with van der Waals surface area (Å²) in [5, 5.41) is 0. The zero-order valence-electron chi connectivity index (χ0n) is 12.2. The van der Waals surface area contributed by atoms with Crippen LogP contribution in [0.5, 0.6) is 0 Å². The van der Waals surface area contributed by atoms with E-state index in [9.17, 15) is 22.4 Å². The number of carbonyl (C=O) groups excluding carboxylic acids is 1. The Kier molecular flexibility index (Phi) is 5.05. The molecule has 0 spiro atoms. The average molecular weight is 318 g/mol. The molecule has 122 valence electrons. The van der Waals surface area contributed by atoms with Gasteiger partial charge in [0.25, 0.3) is 0 Å². The second kappa shape index (κ2) is 6.64. The zero-order chi connectivity index (χ0) is 16.3. The Labute approximate surface area is 126 Å². The van der Waals surface area contributed by atoms with E-state index in [0.717, 1.165) is 12.6 Å². The van der Waals surface area contributed by atoms with Crippen molar-refractivity contribution in [2.24, 2.45) is 5.92 Å². The quantitative estimate of drug-likeness (QED) is 0.796. The Hall–Kier alpha value is -1.63. The van der Waals surface area contributed by atoms with E-state index in [1.807, 2.05) is 35.2 Å². The molecule has 1 heterocycles. The maximum Gasteiger partial charge on any atom is 0.471 e. The highest BCUT2D eigenvalue weighted by molar-refractivity contribution is 5.81. The van der Waals surface area contributed by atoms with Gasteiger partial charge in [-0.1, -0.05) is 30.3 Å². The monoisotopic (exact) mass is 318 g/mol. The van der Waals surface area contributed by atoms with Crippen LogP contribution >= 0.6 is 0 Å². The molecule has 7 heteroatoms. The van der Waals surface area contributed by atoms with E-state index in [0.29, 0.717) is 18.0 Å². The molecule has 1 aliphatic rings. The van der Waals surface area contributed by atoms with Crippen LogP contribution < -0.4 is 0 Å². The minimum Gasteiger partial charge on any atom is -0.338 e. The predicted octanol–water partition coefficient (Wildman–Crippen LogP) is 2.48. The smallest absolute Gasteiger partial charge is 0.338 e. The molecule has 2 rings (SSSR count). The number of alkyl halides is 4. The number of hydrogen-bond acceptors (Lipinski definition) is 2. The molecule has 0 aliphatic carbocycles. The fourth-order valence-corrected chi connectivity index (χ4v) is 2.71. The van der Waals surface area contributed by atoms with E-state index in [1.165, 1.54) is 0 Å². The lowest BCUT2D eigenvalue weighted by Crippen LogP contribution is -2.42. The third kappa shape index (κ3) is 4.19. The van der Waals surface area contributed by atoms with Gasteiger partial charge in [0, 0.05) is 39.1 Å². The summed E-state index contributed by atoms with van der Waals surface area (Å²) in [6.07, 6.45) is -6.14. The Morgan fingerprint density at radius 1 is 1.27 bits per heavy atom. The minimum absolute atomic E-state index is 0.174. The molecule has 0 N–H and O–H groups in total. The van der Waals surface area contributed by atoms with Gasteiger partial charge in [-0.2, -0.15) is 13.2 Å². The van der Waals surface area contributed by atoms with Gasteiger partial charge in [-0.15, -0.1) is 0 Å². The molecule has 1 aromatic rings. The molecule has 1 saturated heterocycles. The molecule has 0 radical (unpaired) electrons. The molecule has 0 saturated carbocycles. The van der Waals surface area contributed by atoms with Gasteiger partial charge in [0.15, 0.2) is 0 Å². The van der Waals surface area contributed by atoms with Crippen LogP contribution in [0.2, 0.25) is 0 Å². The third-order valence-electron chi connectivity index (χ3n) is 3.78. The molecule has 2 atom stereocenters. The summed E-state index contributed by atoms with van der Waals surface area (Å²) in [5.74, 6) is -2.53. The van der Waals surface area contributed by atoms with Crippen LogP contribution in [0.1, 0.15) is 5.56 Å². The molecule has 1 aliphatic heterocycles. The van der Waals surface area contributed by atoms with Crippen LogP contribution in [0.4, 0.5) is 17.6 Å². The molecular formula is C15H18F4N2O. The van der Waals surface area contributed by atoms with Gasteiger partial charge >= 0.3 is 12.1 Å². The van der Waals surface area contributed by atoms with Crippen LogP contribution in [0, 0.1) is 5.92 Å². The second-order valence-electron chi connectivity index (χ2n) is 5.64. The Balaban J connectivity index is 1.90. The van der Waals surface area contributed by atoms with Gasteiger partial charge in [0.2, 0.25) is 0 Å². The van der Waals surface area contributed by atoms with Crippen molar-refractivity contribution in [2.45, 2.75) is 18.9 Å². The SMILES string of the molecule is CN(C[C@@H]1CN(Cc2ccccc2)C[C@@H]1F)C(=O)C(F)(F)F. The van der Waals surface area contributed by atoms with Gasteiger partial charge in [-0.05, 0) is 5.56 Å². The molecule has 22 heavy (non-hydrogen) atoms. The number of likely N-dealkylation sites (tertiary alicyclic amines) is 1. The highest BCUT2D eigenvalue weighted by Crippen LogP contribution is 2.24. The highest BCUT2D eigenvalue weighted by atomic mass is 19.4. The van der Waals surface area contributed by atoms with Crippen molar-refractivity contribution in [1.82, 2.24) is 9.80 Å². The van der Waals surface area contributed by atoms with E-state index >= 15 is 0 Å². The van der Waals surface area contributed by atoms with Gasteiger partial charge in [0.1, 0.15) is 6.17 Å². The molecule has 0 bridgehead atoms. The molecule has 0 aromatic heterocycles. The molecule has 1 fully saturated rings. The lowest BCUT2D eigenvalue weighted by atomic mass is 10.1. The van der Waals surface area contributed by atoms with Crippen LogP contribution in [-0.2, 0) is 11.3 Å². The van der Waals surface area contributed by atoms with Crippen molar-refractivity contribution in [2.75, 3.05) is 26.7 Å². The van der Waals surface area contributed by atoms with Gasteiger partial charge in [0.05, 0.1) is 0 Å². The summed E-state index contributed by atoms with van der Waals surface area (Å²) in [4.78, 5) is 13.5. The number of halogens is 4. The first-order valence-electron chi connectivity index (χ1n) is 7.00. The van der Waals surface area contributed by atoms with Crippen molar-refractivity contribution < 1.29 is 22.4 Å². The summed E-state index contributed by atoms with van der Waals surface area (Å²) in [6.45, 7) is 0.832. The van der Waals surface area contributed by atoms with Crippen LogP contribution in [0.3, 0.4) is 0 Å². The zero-order valence-corrected chi connectivity index (χ0v) is 12.2. The standard InChI is InChI=1S/C15H18F4N2O/c1-20(14(22)15(17,18)19)8-12-9-21(10-13(12)16)7-11-5-3-2-4-6-11/h2-6,12-13H,7-10H2,1H3/t12-,13+/m1/s1. The largest absolute Gasteiger partial charge is 0.471 e. The minimum atomic E-state index is -4.91.